The third-order valence-electron chi connectivity index (χ3n) is 6.51. The molecule has 206 valence electrons. The standard InChI is InChI=1S/C30H33FN8O/c1-38(2)15-4-7-27(40)35-25-6-3-5-21(17-25)28-29-22(12-14-32-28)18-33-30(37-29)36-24-10-8-23(9-11-24)34-26-19-39(20-26)16-13-31/h3-12,14,17-18,26,34H,13,15-16,19-20H2,1-2H3,(H,35,40)(H,33,36,37). The van der Waals surface area contributed by atoms with Crippen molar-refractivity contribution < 1.29 is 9.18 Å². The van der Waals surface area contributed by atoms with Gasteiger partial charge < -0.3 is 20.9 Å². The zero-order chi connectivity index (χ0) is 27.9. The summed E-state index contributed by atoms with van der Waals surface area (Å²) in [5.74, 6) is 0.269. The Morgan fingerprint density at radius 1 is 1.07 bits per heavy atom. The number of benzene rings is 2. The Morgan fingerprint density at radius 3 is 2.65 bits per heavy atom. The van der Waals surface area contributed by atoms with Gasteiger partial charge in [-0.05, 0) is 56.6 Å². The fraction of sp³-hybridized carbons (Fsp3) is 0.267. The van der Waals surface area contributed by atoms with Crippen LogP contribution in [-0.2, 0) is 4.79 Å². The lowest BCUT2D eigenvalue weighted by atomic mass is 10.1. The van der Waals surface area contributed by atoms with Crippen LogP contribution in [0, 0.1) is 0 Å². The molecule has 1 amide bonds. The molecule has 0 aliphatic carbocycles. The van der Waals surface area contributed by atoms with E-state index in [0.717, 1.165) is 35.4 Å². The van der Waals surface area contributed by atoms with E-state index in [4.69, 9.17) is 4.98 Å². The summed E-state index contributed by atoms with van der Waals surface area (Å²) in [6, 6.07) is 17.7. The van der Waals surface area contributed by atoms with Gasteiger partial charge in [-0.15, -0.1) is 0 Å². The third-order valence-corrected chi connectivity index (χ3v) is 6.51. The summed E-state index contributed by atoms with van der Waals surface area (Å²) in [5.41, 5.74) is 4.78. The van der Waals surface area contributed by atoms with E-state index < -0.39 is 0 Å². The van der Waals surface area contributed by atoms with Crippen molar-refractivity contribution in [2.75, 3.05) is 62.9 Å². The van der Waals surface area contributed by atoms with Gasteiger partial charge in [0, 0.05) is 72.7 Å². The minimum absolute atomic E-state index is 0.189. The number of likely N-dealkylation sites (N-methyl/N-ethyl adjacent to an activating group) is 1. The summed E-state index contributed by atoms with van der Waals surface area (Å²) < 4.78 is 12.4. The van der Waals surface area contributed by atoms with Gasteiger partial charge in [0.2, 0.25) is 11.9 Å². The van der Waals surface area contributed by atoms with Crippen molar-refractivity contribution in [1.29, 1.82) is 0 Å². The molecular weight excluding hydrogens is 507 g/mol. The average Bonchev–Trinajstić information content (AvgIpc) is 2.92. The molecule has 5 rings (SSSR count). The van der Waals surface area contributed by atoms with Crippen LogP contribution in [0.3, 0.4) is 0 Å². The van der Waals surface area contributed by atoms with E-state index in [2.05, 4.69) is 30.8 Å². The number of hydrogen-bond donors (Lipinski definition) is 3. The first kappa shape index (κ1) is 27.2. The molecular formula is C30H33FN8O. The predicted octanol–water partition coefficient (Wildman–Crippen LogP) is 4.56. The number of likely N-dealkylation sites (tertiary alicyclic amines) is 1. The molecule has 9 nitrogen and oxygen atoms in total. The molecule has 0 bridgehead atoms. The van der Waals surface area contributed by atoms with Crippen LogP contribution in [0.5, 0.6) is 0 Å². The SMILES string of the molecule is CN(C)CC=CC(=O)Nc1cccc(-c2nccc3cnc(Nc4ccc(NC5CN(CCF)C5)cc4)nc23)c1. The first-order valence-electron chi connectivity index (χ1n) is 13.2. The lowest BCUT2D eigenvalue weighted by Crippen LogP contribution is -2.55. The smallest absolute Gasteiger partial charge is 0.248 e. The molecule has 2 aromatic heterocycles. The molecule has 0 atom stereocenters. The van der Waals surface area contributed by atoms with Gasteiger partial charge in [-0.1, -0.05) is 18.2 Å². The summed E-state index contributed by atoms with van der Waals surface area (Å²) in [5, 5.41) is 10.5. The maximum absolute atomic E-state index is 12.4. The van der Waals surface area contributed by atoms with Crippen LogP contribution < -0.4 is 16.0 Å². The second-order valence-electron chi connectivity index (χ2n) is 10.0. The Balaban J connectivity index is 1.28. The van der Waals surface area contributed by atoms with E-state index in [1.807, 2.05) is 79.7 Å². The molecule has 1 fully saturated rings. The minimum Gasteiger partial charge on any atom is -0.380 e. The van der Waals surface area contributed by atoms with E-state index in [0.29, 0.717) is 42.0 Å². The molecule has 1 aliphatic rings. The minimum atomic E-state index is -0.304. The first-order chi connectivity index (χ1) is 19.5. The number of nitrogens with zero attached hydrogens (tertiary/aromatic N) is 5. The van der Waals surface area contributed by atoms with Crippen LogP contribution in [0.25, 0.3) is 22.2 Å². The summed E-state index contributed by atoms with van der Waals surface area (Å²) >= 11 is 0. The van der Waals surface area contributed by atoms with Crippen molar-refractivity contribution in [1.82, 2.24) is 24.8 Å². The summed E-state index contributed by atoms with van der Waals surface area (Å²) in [7, 11) is 3.90. The van der Waals surface area contributed by atoms with Crippen molar-refractivity contribution in [3.05, 3.63) is 79.1 Å². The number of aromatic nitrogens is 3. The number of anilines is 4. The van der Waals surface area contributed by atoms with Crippen molar-refractivity contribution in [2.45, 2.75) is 6.04 Å². The number of pyridine rings is 1. The molecule has 0 unspecified atom stereocenters. The summed E-state index contributed by atoms with van der Waals surface area (Å²) in [6.07, 6.45) is 6.85. The number of carbonyl (C=O) groups is 1. The van der Waals surface area contributed by atoms with E-state index in [1.165, 1.54) is 6.08 Å². The van der Waals surface area contributed by atoms with E-state index in [-0.39, 0.29) is 12.6 Å². The molecule has 40 heavy (non-hydrogen) atoms. The van der Waals surface area contributed by atoms with Crippen LogP contribution >= 0.6 is 0 Å². The Labute approximate surface area is 233 Å². The molecule has 0 saturated carbocycles. The van der Waals surface area contributed by atoms with Gasteiger partial charge in [0.25, 0.3) is 0 Å². The number of halogens is 1. The van der Waals surface area contributed by atoms with E-state index in [9.17, 15) is 9.18 Å². The molecule has 0 radical (unpaired) electrons. The quantitative estimate of drug-likeness (QED) is 0.238. The number of hydrogen-bond acceptors (Lipinski definition) is 8. The Morgan fingerprint density at radius 2 is 1.88 bits per heavy atom. The Bertz CT molecular complexity index is 1490. The zero-order valence-corrected chi connectivity index (χ0v) is 22.6. The maximum atomic E-state index is 12.4. The van der Waals surface area contributed by atoms with Crippen molar-refractivity contribution in [2.24, 2.45) is 0 Å². The number of rotatable bonds is 11. The highest BCUT2D eigenvalue weighted by atomic mass is 19.1. The van der Waals surface area contributed by atoms with Gasteiger partial charge in [0.1, 0.15) is 12.2 Å². The lowest BCUT2D eigenvalue weighted by molar-refractivity contribution is -0.111. The fourth-order valence-electron chi connectivity index (χ4n) is 4.50. The number of amides is 1. The van der Waals surface area contributed by atoms with Crippen molar-refractivity contribution >= 4 is 39.8 Å². The number of carbonyl (C=O) groups excluding carboxylic acids is 1. The Kier molecular flexibility index (Phi) is 8.58. The lowest BCUT2D eigenvalue weighted by Gasteiger charge is -2.39. The molecule has 3 N–H and O–H groups in total. The normalized spacial score (nSPS) is 14.0. The maximum Gasteiger partial charge on any atom is 0.248 e. The second-order valence-corrected chi connectivity index (χ2v) is 10.0. The molecule has 1 saturated heterocycles. The molecule has 4 aromatic rings. The van der Waals surface area contributed by atoms with Gasteiger partial charge in [-0.3, -0.25) is 14.7 Å². The molecule has 0 spiro atoms. The van der Waals surface area contributed by atoms with Gasteiger partial charge in [-0.2, -0.15) is 0 Å². The highest BCUT2D eigenvalue weighted by molar-refractivity contribution is 6.00. The molecule has 3 heterocycles. The predicted molar refractivity (Wildman–Crippen MR) is 159 cm³/mol. The van der Waals surface area contributed by atoms with Crippen LogP contribution in [0.2, 0.25) is 0 Å². The van der Waals surface area contributed by atoms with Crippen molar-refractivity contribution in [3.63, 3.8) is 0 Å². The molecule has 2 aromatic carbocycles. The van der Waals surface area contributed by atoms with Crippen LogP contribution in [0.1, 0.15) is 0 Å². The highest BCUT2D eigenvalue weighted by Crippen LogP contribution is 2.28. The average molecular weight is 541 g/mol. The van der Waals surface area contributed by atoms with Crippen LogP contribution in [0.4, 0.5) is 27.4 Å². The molecule has 10 heteroatoms. The zero-order valence-electron chi connectivity index (χ0n) is 22.6. The fourth-order valence-corrected chi connectivity index (χ4v) is 4.50. The topological polar surface area (TPSA) is 98.3 Å². The van der Waals surface area contributed by atoms with Crippen LogP contribution in [-0.4, -0.2) is 83.6 Å². The number of nitrogens with one attached hydrogen (secondary N) is 3. The summed E-state index contributed by atoms with van der Waals surface area (Å²) in [6.45, 7) is 2.59. The van der Waals surface area contributed by atoms with Gasteiger partial charge in [-0.25, -0.2) is 14.4 Å². The van der Waals surface area contributed by atoms with Crippen molar-refractivity contribution in [3.8, 4) is 11.3 Å². The number of fused-ring (bicyclic) bond motifs is 1. The molecule has 1 aliphatic heterocycles. The summed E-state index contributed by atoms with van der Waals surface area (Å²) in [4.78, 5) is 30.3. The Hall–Kier alpha value is -4.41. The largest absolute Gasteiger partial charge is 0.380 e. The first-order valence-corrected chi connectivity index (χ1v) is 13.2. The van der Waals surface area contributed by atoms with E-state index in [1.54, 1.807) is 12.4 Å². The van der Waals surface area contributed by atoms with Gasteiger partial charge in [0.05, 0.1) is 11.7 Å². The second kappa shape index (κ2) is 12.6. The highest BCUT2D eigenvalue weighted by Gasteiger charge is 2.25. The number of alkyl halides is 1. The van der Waals surface area contributed by atoms with Gasteiger partial charge >= 0.3 is 0 Å². The van der Waals surface area contributed by atoms with Crippen LogP contribution in [0.15, 0.2) is 79.1 Å². The van der Waals surface area contributed by atoms with E-state index >= 15 is 0 Å². The monoisotopic (exact) mass is 540 g/mol. The third kappa shape index (κ3) is 6.96. The van der Waals surface area contributed by atoms with Gasteiger partial charge in [0.15, 0.2) is 0 Å².